The van der Waals surface area contributed by atoms with Crippen molar-refractivity contribution in [3.63, 3.8) is 0 Å². The monoisotopic (exact) mass is 514 g/mol. The van der Waals surface area contributed by atoms with Gasteiger partial charge in [-0.15, -0.1) is 0 Å². The number of amides is 2. The highest BCUT2D eigenvalue weighted by Crippen LogP contribution is 2.38. The molecule has 0 radical (unpaired) electrons. The third kappa shape index (κ3) is 6.04. The second-order valence-corrected chi connectivity index (χ2v) is 9.73. The number of carbonyl (C=O) groups is 2. The molecule has 0 saturated carbocycles. The number of nitrogens with zero attached hydrogens (tertiary/aromatic N) is 4. The number of ether oxygens (including phenoxy) is 1. The minimum Gasteiger partial charge on any atom is -0.474 e. The van der Waals surface area contributed by atoms with E-state index >= 15 is 0 Å². The number of rotatable bonds is 5. The first-order chi connectivity index (χ1) is 17.6. The highest BCUT2D eigenvalue weighted by molar-refractivity contribution is 5.80. The van der Waals surface area contributed by atoms with Crippen molar-refractivity contribution < 1.29 is 27.5 Å². The smallest absolute Gasteiger partial charge is 0.417 e. The standard InChI is InChI=1S/C27H29F3N4O3/c1-17(37-25-8-7-22(14-32-25)27(28,29)30)23-15-34(16-24(23)20-5-3-19(13-31)4-6-20)26(36)21-9-11-33(12-10-21)18(2)35/h3-8,14,17,21,23-24H,9-12,15-16H2,1-2H3/t17-,23+,24-/m1/s1. The van der Waals surface area contributed by atoms with Crippen LogP contribution in [0.25, 0.3) is 0 Å². The van der Waals surface area contributed by atoms with Crippen molar-refractivity contribution in [1.82, 2.24) is 14.8 Å². The molecule has 3 heterocycles. The van der Waals surface area contributed by atoms with E-state index < -0.39 is 17.8 Å². The Labute approximate surface area is 213 Å². The number of nitriles is 1. The first-order valence-electron chi connectivity index (χ1n) is 12.3. The van der Waals surface area contributed by atoms with Crippen LogP contribution in [0.1, 0.15) is 49.3 Å². The molecule has 3 atom stereocenters. The summed E-state index contributed by atoms with van der Waals surface area (Å²) in [6.07, 6.45) is -2.95. The molecule has 0 N–H and O–H groups in total. The Morgan fingerprint density at radius 2 is 1.76 bits per heavy atom. The van der Waals surface area contributed by atoms with Gasteiger partial charge in [-0.2, -0.15) is 18.4 Å². The van der Waals surface area contributed by atoms with Crippen LogP contribution in [-0.2, 0) is 15.8 Å². The molecular weight excluding hydrogens is 485 g/mol. The lowest BCUT2D eigenvalue weighted by Gasteiger charge is -2.32. The fourth-order valence-corrected chi connectivity index (χ4v) is 5.24. The molecule has 2 fully saturated rings. The number of alkyl halides is 3. The maximum absolute atomic E-state index is 13.4. The van der Waals surface area contributed by atoms with Gasteiger partial charge in [0.15, 0.2) is 0 Å². The van der Waals surface area contributed by atoms with Crippen molar-refractivity contribution in [2.75, 3.05) is 26.2 Å². The number of halogens is 3. The topological polar surface area (TPSA) is 86.5 Å². The van der Waals surface area contributed by atoms with Gasteiger partial charge < -0.3 is 14.5 Å². The second kappa shape index (κ2) is 10.8. The SMILES string of the molecule is CC(=O)N1CCC(C(=O)N2C[C@@H]([C@@H](C)Oc3ccc(C(F)(F)F)cn3)[C@@H](c3ccc(C#N)cc3)C2)CC1. The first kappa shape index (κ1) is 26.5. The fraction of sp³-hybridized carbons (Fsp3) is 0.481. The number of pyridine rings is 1. The predicted octanol–water partition coefficient (Wildman–Crippen LogP) is 4.24. The van der Waals surface area contributed by atoms with Crippen molar-refractivity contribution in [1.29, 1.82) is 5.26 Å². The van der Waals surface area contributed by atoms with Gasteiger partial charge in [0.05, 0.1) is 17.2 Å². The summed E-state index contributed by atoms with van der Waals surface area (Å²) in [5.74, 6) is -0.249. The van der Waals surface area contributed by atoms with Crippen molar-refractivity contribution >= 4 is 11.8 Å². The number of aromatic nitrogens is 1. The Hall–Kier alpha value is -3.61. The molecule has 2 amide bonds. The number of benzene rings is 1. The third-order valence-corrected chi connectivity index (χ3v) is 7.41. The minimum atomic E-state index is -4.48. The summed E-state index contributed by atoms with van der Waals surface area (Å²) in [5, 5.41) is 9.16. The summed E-state index contributed by atoms with van der Waals surface area (Å²) in [6.45, 7) is 5.37. The van der Waals surface area contributed by atoms with Gasteiger partial charge in [0, 0.05) is 63.1 Å². The van der Waals surface area contributed by atoms with E-state index in [1.54, 1.807) is 17.0 Å². The number of hydrogen-bond donors (Lipinski definition) is 0. The van der Waals surface area contributed by atoms with Gasteiger partial charge in [0.1, 0.15) is 6.10 Å². The molecule has 10 heteroatoms. The summed E-state index contributed by atoms with van der Waals surface area (Å²) >= 11 is 0. The van der Waals surface area contributed by atoms with Gasteiger partial charge in [-0.3, -0.25) is 9.59 Å². The van der Waals surface area contributed by atoms with Gasteiger partial charge in [0.2, 0.25) is 17.7 Å². The van der Waals surface area contributed by atoms with Crippen LogP contribution in [0.4, 0.5) is 13.2 Å². The molecule has 0 bridgehead atoms. The molecule has 4 rings (SSSR count). The van der Waals surface area contributed by atoms with Crippen LogP contribution in [-0.4, -0.2) is 58.9 Å². The molecule has 1 aromatic carbocycles. The first-order valence-corrected chi connectivity index (χ1v) is 12.3. The van der Waals surface area contributed by atoms with Gasteiger partial charge >= 0.3 is 6.18 Å². The lowest BCUT2D eigenvalue weighted by atomic mass is 9.85. The van der Waals surface area contributed by atoms with Gasteiger partial charge in [-0.1, -0.05) is 12.1 Å². The largest absolute Gasteiger partial charge is 0.474 e. The molecule has 2 aliphatic rings. The predicted molar refractivity (Wildman–Crippen MR) is 128 cm³/mol. The Kier molecular flexibility index (Phi) is 7.71. The lowest BCUT2D eigenvalue weighted by Crippen LogP contribution is -2.43. The average Bonchev–Trinajstić information content (AvgIpc) is 3.34. The summed E-state index contributed by atoms with van der Waals surface area (Å²) in [4.78, 5) is 32.5. The Morgan fingerprint density at radius 3 is 2.30 bits per heavy atom. The molecule has 0 aliphatic carbocycles. The van der Waals surface area contributed by atoms with E-state index in [0.29, 0.717) is 44.6 Å². The van der Waals surface area contributed by atoms with Crippen molar-refractivity contribution in [3.8, 4) is 11.9 Å². The van der Waals surface area contributed by atoms with Crippen LogP contribution in [0.5, 0.6) is 5.88 Å². The number of likely N-dealkylation sites (tertiary alicyclic amines) is 2. The quantitative estimate of drug-likeness (QED) is 0.596. The molecule has 37 heavy (non-hydrogen) atoms. The number of hydrogen-bond acceptors (Lipinski definition) is 5. The van der Waals surface area contributed by atoms with Gasteiger partial charge in [-0.05, 0) is 43.5 Å². The van der Waals surface area contributed by atoms with E-state index in [4.69, 9.17) is 10.00 Å². The Bertz CT molecular complexity index is 1150. The molecule has 2 aliphatic heterocycles. The molecule has 2 saturated heterocycles. The zero-order valence-corrected chi connectivity index (χ0v) is 20.7. The fourth-order valence-electron chi connectivity index (χ4n) is 5.24. The zero-order valence-electron chi connectivity index (χ0n) is 20.7. The van der Waals surface area contributed by atoms with Crippen LogP contribution in [0.15, 0.2) is 42.6 Å². The molecule has 1 aromatic heterocycles. The third-order valence-electron chi connectivity index (χ3n) is 7.41. The van der Waals surface area contributed by atoms with Crippen LogP contribution < -0.4 is 4.74 Å². The molecule has 196 valence electrons. The maximum Gasteiger partial charge on any atom is 0.417 e. The normalized spacial score (nSPS) is 21.4. The zero-order chi connectivity index (χ0) is 26.7. The summed E-state index contributed by atoms with van der Waals surface area (Å²) in [7, 11) is 0. The van der Waals surface area contributed by atoms with Crippen LogP contribution >= 0.6 is 0 Å². The second-order valence-electron chi connectivity index (χ2n) is 9.73. The molecular formula is C27H29F3N4O3. The van der Waals surface area contributed by atoms with E-state index in [-0.39, 0.29) is 35.4 Å². The van der Waals surface area contributed by atoms with Crippen LogP contribution in [0, 0.1) is 23.2 Å². The Balaban J connectivity index is 1.51. The highest BCUT2D eigenvalue weighted by Gasteiger charge is 2.42. The Morgan fingerprint density at radius 1 is 1.08 bits per heavy atom. The maximum atomic E-state index is 13.4. The van der Waals surface area contributed by atoms with Gasteiger partial charge in [0.25, 0.3) is 0 Å². The number of piperidine rings is 1. The molecule has 7 nitrogen and oxygen atoms in total. The summed E-state index contributed by atoms with van der Waals surface area (Å²) in [5.41, 5.74) is 0.639. The molecule has 0 spiro atoms. The van der Waals surface area contributed by atoms with E-state index in [2.05, 4.69) is 11.1 Å². The highest BCUT2D eigenvalue weighted by atomic mass is 19.4. The summed E-state index contributed by atoms with van der Waals surface area (Å²) < 4.78 is 44.7. The lowest BCUT2D eigenvalue weighted by molar-refractivity contribution is -0.139. The molecule has 2 aromatic rings. The van der Waals surface area contributed by atoms with E-state index in [0.717, 1.165) is 17.8 Å². The van der Waals surface area contributed by atoms with Crippen molar-refractivity contribution in [2.24, 2.45) is 11.8 Å². The van der Waals surface area contributed by atoms with E-state index in [9.17, 15) is 22.8 Å². The summed E-state index contributed by atoms with van der Waals surface area (Å²) in [6, 6.07) is 11.5. The van der Waals surface area contributed by atoms with Gasteiger partial charge in [-0.25, -0.2) is 4.98 Å². The van der Waals surface area contributed by atoms with Crippen molar-refractivity contribution in [2.45, 2.75) is 44.9 Å². The molecule has 0 unspecified atom stereocenters. The van der Waals surface area contributed by atoms with Crippen LogP contribution in [0.3, 0.4) is 0 Å². The van der Waals surface area contributed by atoms with Crippen LogP contribution in [0.2, 0.25) is 0 Å². The van der Waals surface area contributed by atoms with E-state index in [1.165, 1.54) is 13.0 Å². The number of carbonyl (C=O) groups excluding carboxylic acids is 2. The van der Waals surface area contributed by atoms with E-state index in [1.807, 2.05) is 24.0 Å². The minimum absolute atomic E-state index is 0.0101. The van der Waals surface area contributed by atoms with Crippen molar-refractivity contribution in [3.05, 3.63) is 59.3 Å². The average molecular weight is 515 g/mol.